The lowest BCUT2D eigenvalue weighted by Gasteiger charge is -2.37. The highest BCUT2D eigenvalue weighted by molar-refractivity contribution is 5.79. The Morgan fingerprint density at radius 3 is 1.92 bits per heavy atom. The van der Waals surface area contributed by atoms with Gasteiger partial charge in [-0.15, -0.1) is 0 Å². The van der Waals surface area contributed by atoms with Gasteiger partial charge >= 0.3 is 5.97 Å². The fourth-order valence-electron chi connectivity index (χ4n) is 2.62. The summed E-state index contributed by atoms with van der Waals surface area (Å²) in [5.74, 6) is -0.795. The Balaban J connectivity index is 2.17. The van der Waals surface area contributed by atoms with Gasteiger partial charge in [0.1, 0.15) is 0 Å². The summed E-state index contributed by atoms with van der Waals surface area (Å²) >= 11 is 0. The number of rotatable bonds is 2. The fourth-order valence-corrected chi connectivity index (χ4v) is 2.62. The SMILES string of the molecule is O=C(O)C1(C2(O)CCCCC2)CC1. The van der Waals surface area contributed by atoms with Crippen molar-refractivity contribution in [2.45, 2.75) is 50.5 Å². The standard InChI is InChI=1S/C10H16O3/c11-8(12)9(6-7-9)10(13)4-2-1-3-5-10/h13H,1-7H2,(H,11,12). The van der Waals surface area contributed by atoms with Gasteiger partial charge in [-0.1, -0.05) is 19.3 Å². The average molecular weight is 184 g/mol. The van der Waals surface area contributed by atoms with E-state index in [9.17, 15) is 9.90 Å². The molecule has 0 amide bonds. The van der Waals surface area contributed by atoms with Crippen molar-refractivity contribution in [2.24, 2.45) is 5.41 Å². The van der Waals surface area contributed by atoms with E-state index in [1.54, 1.807) is 0 Å². The molecule has 2 fully saturated rings. The predicted octanol–water partition coefficient (Wildman–Crippen LogP) is 1.55. The molecule has 2 N–H and O–H groups in total. The Morgan fingerprint density at radius 2 is 1.54 bits per heavy atom. The van der Waals surface area contributed by atoms with E-state index < -0.39 is 17.0 Å². The van der Waals surface area contributed by atoms with Gasteiger partial charge < -0.3 is 10.2 Å². The molecular formula is C10H16O3. The molecule has 0 aromatic carbocycles. The number of carboxylic acids is 1. The molecule has 0 aromatic rings. The van der Waals surface area contributed by atoms with Crippen molar-refractivity contribution in [3.05, 3.63) is 0 Å². The number of carboxylic acid groups (broad SMARTS) is 1. The van der Waals surface area contributed by atoms with Crippen LogP contribution in [0, 0.1) is 5.41 Å². The summed E-state index contributed by atoms with van der Waals surface area (Å²) in [5.41, 5.74) is -1.66. The van der Waals surface area contributed by atoms with Gasteiger partial charge in [-0.2, -0.15) is 0 Å². The molecule has 3 heteroatoms. The number of hydrogen-bond acceptors (Lipinski definition) is 2. The van der Waals surface area contributed by atoms with E-state index in [0.717, 1.165) is 19.3 Å². The predicted molar refractivity (Wildman–Crippen MR) is 47.3 cm³/mol. The van der Waals surface area contributed by atoms with Crippen molar-refractivity contribution in [1.29, 1.82) is 0 Å². The monoisotopic (exact) mass is 184 g/mol. The average Bonchev–Trinajstić information content (AvgIpc) is 2.85. The first-order chi connectivity index (χ1) is 6.11. The first-order valence-electron chi connectivity index (χ1n) is 5.07. The molecule has 2 rings (SSSR count). The third-order valence-electron chi connectivity index (χ3n) is 3.73. The van der Waals surface area contributed by atoms with Crippen molar-refractivity contribution in [3.63, 3.8) is 0 Å². The van der Waals surface area contributed by atoms with Crippen LogP contribution in [0.1, 0.15) is 44.9 Å². The Morgan fingerprint density at radius 1 is 1.00 bits per heavy atom. The topological polar surface area (TPSA) is 57.5 Å². The zero-order chi connectivity index (χ0) is 9.53. The van der Waals surface area contributed by atoms with Crippen LogP contribution in [0.25, 0.3) is 0 Å². The van der Waals surface area contributed by atoms with Crippen molar-refractivity contribution < 1.29 is 15.0 Å². The van der Waals surface area contributed by atoms with E-state index in [-0.39, 0.29) is 0 Å². The summed E-state index contributed by atoms with van der Waals surface area (Å²) in [6.07, 6.45) is 5.78. The normalized spacial score (nSPS) is 29.6. The molecular weight excluding hydrogens is 168 g/mol. The molecule has 0 aromatic heterocycles. The molecule has 0 bridgehead atoms. The van der Waals surface area contributed by atoms with Crippen LogP contribution in [-0.4, -0.2) is 21.8 Å². The van der Waals surface area contributed by atoms with Gasteiger partial charge in [0.05, 0.1) is 11.0 Å². The zero-order valence-corrected chi connectivity index (χ0v) is 7.75. The van der Waals surface area contributed by atoms with Crippen LogP contribution in [0.2, 0.25) is 0 Å². The second-order valence-electron chi connectivity index (χ2n) is 4.48. The third-order valence-corrected chi connectivity index (χ3v) is 3.73. The fraction of sp³-hybridized carbons (Fsp3) is 0.900. The minimum absolute atomic E-state index is 0.666. The molecule has 0 saturated heterocycles. The Bertz CT molecular complexity index is 224. The summed E-state index contributed by atoms with van der Waals surface area (Å²) in [4.78, 5) is 11.0. The molecule has 13 heavy (non-hydrogen) atoms. The maximum absolute atomic E-state index is 11.0. The van der Waals surface area contributed by atoms with Crippen LogP contribution in [0.15, 0.2) is 0 Å². The van der Waals surface area contributed by atoms with Crippen LogP contribution >= 0.6 is 0 Å². The number of carbonyl (C=O) groups is 1. The molecule has 0 atom stereocenters. The molecule has 2 aliphatic carbocycles. The molecule has 2 aliphatic rings. The first kappa shape index (κ1) is 9.00. The van der Waals surface area contributed by atoms with E-state index in [2.05, 4.69) is 0 Å². The lowest BCUT2D eigenvalue weighted by molar-refractivity contribution is -0.159. The lowest BCUT2D eigenvalue weighted by Crippen LogP contribution is -2.45. The Kier molecular flexibility index (Phi) is 1.88. The van der Waals surface area contributed by atoms with Gasteiger partial charge in [-0.3, -0.25) is 4.79 Å². The third kappa shape index (κ3) is 1.17. The lowest BCUT2D eigenvalue weighted by atomic mass is 9.73. The summed E-state index contributed by atoms with van der Waals surface area (Å²) in [5, 5.41) is 19.3. The summed E-state index contributed by atoms with van der Waals surface area (Å²) in [6.45, 7) is 0. The highest BCUT2D eigenvalue weighted by Crippen LogP contribution is 2.58. The number of aliphatic carboxylic acids is 1. The van der Waals surface area contributed by atoms with E-state index in [4.69, 9.17) is 5.11 Å². The van der Waals surface area contributed by atoms with E-state index in [1.807, 2.05) is 0 Å². The first-order valence-corrected chi connectivity index (χ1v) is 5.07. The number of aliphatic hydroxyl groups is 1. The molecule has 3 nitrogen and oxygen atoms in total. The van der Waals surface area contributed by atoms with Crippen LogP contribution < -0.4 is 0 Å². The van der Waals surface area contributed by atoms with Crippen molar-refractivity contribution in [1.82, 2.24) is 0 Å². The van der Waals surface area contributed by atoms with Gasteiger partial charge in [-0.05, 0) is 25.7 Å². The van der Waals surface area contributed by atoms with Crippen LogP contribution in [0.5, 0.6) is 0 Å². The van der Waals surface area contributed by atoms with Gasteiger partial charge in [0, 0.05) is 0 Å². The second-order valence-corrected chi connectivity index (χ2v) is 4.48. The second kappa shape index (κ2) is 2.71. The minimum Gasteiger partial charge on any atom is -0.481 e. The zero-order valence-electron chi connectivity index (χ0n) is 7.75. The van der Waals surface area contributed by atoms with Crippen LogP contribution in [0.4, 0.5) is 0 Å². The largest absolute Gasteiger partial charge is 0.481 e. The maximum Gasteiger partial charge on any atom is 0.312 e. The molecule has 0 unspecified atom stereocenters. The Hall–Kier alpha value is -0.570. The highest BCUT2D eigenvalue weighted by atomic mass is 16.4. The van der Waals surface area contributed by atoms with E-state index in [1.165, 1.54) is 0 Å². The summed E-state index contributed by atoms with van der Waals surface area (Å²) in [6, 6.07) is 0. The number of hydrogen-bond donors (Lipinski definition) is 2. The highest BCUT2D eigenvalue weighted by Gasteiger charge is 2.63. The van der Waals surface area contributed by atoms with Crippen molar-refractivity contribution in [2.75, 3.05) is 0 Å². The molecule has 0 heterocycles. The van der Waals surface area contributed by atoms with Crippen LogP contribution in [-0.2, 0) is 4.79 Å². The van der Waals surface area contributed by atoms with Crippen LogP contribution in [0.3, 0.4) is 0 Å². The quantitative estimate of drug-likeness (QED) is 0.684. The van der Waals surface area contributed by atoms with Crippen molar-refractivity contribution in [3.8, 4) is 0 Å². The molecule has 0 aliphatic heterocycles. The van der Waals surface area contributed by atoms with Gasteiger partial charge in [-0.25, -0.2) is 0 Å². The summed E-state index contributed by atoms with van der Waals surface area (Å²) < 4.78 is 0. The molecule has 0 spiro atoms. The minimum atomic E-state index is -0.892. The molecule has 0 radical (unpaired) electrons. The smallest absolute Gasteiger partial charge is 0.312 e. The van der Waals surface area contributed by atoms with E-state index >= 15 is 0 Å². The maximum atomic E-state index is 11.0. The molecule has 74 valence electrons. The van der Waals surface area contributed by atoms with Crippen molar-refractivity contribution >= 4 is 5.97 Å². The Labute approximate surface area is 77.8 Å². The summed E-state index contributed by atoms with van der Waals surface area (Å²) in [7, 11) is 0. The van der Waals surface area contributed by atoms with E-state index in [0.29, 0.717) is 25.7 Å². The van der Waals surface area contributed by atoms with Gasteiger partial charge in [0.25, 0.3) is 0 Å². The van der Waals surface area contributed by atoms with Gasteiger partial charge in [0.15, 0.2) is 0 Å². The molecule has 2 saturated carbocycles. The van der Waals surface area contributed by atoms with Gasteiger partial charge in [0.2, 0.25) is 0 Å².